The Morgan fingerprint density at radius 3 is 2.48 bits per heavy atom. The zero-order valence-electron chi connectivity index (χ0n) is 13.1. The fraction of sp³-hybridized carbons (Fsp3) is 0.438. The van der Waals surface area contributed by atoms with Crippen LogP contribution >= 0.6 is 11.6 Å². The van der Waals surface area contributed by atoms with Crippen LogP contribution in [-0.2, 0) is 6.54 Å². The van der Waals surface area contributed by atoms with Gasteiger partial charge in [-0.2, -0.15) is 5.10 Å². The van der Waals surface area contributed by atoms with Gasteiger partial charge >= 0.3 is 0 Å². The summed E-state index contributed by atoms with van der Waals surface area (Å²) < 4.78 is 1.99. The fourth-order valence-corrected chi connectivity index (χ4v) is 2.73. The number of nitrogens with zero attached hydrogens (tertiary/aromatic N) is 3. The smallest absolute Gasteiger partial charge is 0.0837 e. The van der Waals surface area contributed by atoms with Gasteiger partial charge in [0.05, 0.1) is 23.0 Å². The van der Waals surface area contributed by atoms with Crippen molar-refractivity contribution in [3.05, 3.63) is 46.7 Å². The Morgan fingerprint density at radius 1 is 1.29 bits per heavy atom. The standard InChI is InChI=1S/C16H23ClN4/c1-5-10-21-16(14(17)11-19-21)15(18-2)12-6-8-13(9-7-12)20(3)4/h6-9,11,15,18H,5,10H2,1-4H3. The fourth-order valence-electron chi connectivity index (χ4n) is 2.48. The van der Waals surface area contributed by atoms with Gasteiger partial charge < -0.3 is 10.2 Å². The van der Waals surface area contributed by atoms with Gasteiger partial charge in [0.15, 0.2) is 0 Å². The third-order valence-corrected chi connectivity index (χ3v) is 3.86. The quantitative estimate of drug-likeness (QED) is 0.889. The average Bonchev–Trinajstić information content (AvgIpc) is 2.83. The lowest BCUT2D eigenvalue weighted by Crippen LogP contribution is -2.22. The van der Waals surface area contributed by atoms with E-state index in [2.05, 4.69) is 46.5 Å². The van der Waals surface area contributed by atoms with Crippen LogP contribution < -0.4 is 10.2 Å². The number of aromatic nitrogens is 2. The molecule has 1 N–H and O–H groups in total. The zero-order valence-corrected chi connectivity index (χ0v) is 13.9. The van der Waals surface area contributed by atoms with E-state index < -0.39 is 0 Å². The van der Waals surface area contributed by atoms with Gasteiger partial charge in [-0.25, -0.2) is 0 Å². The maximum absolute atomic E-state index is 6.35. The molecule has 0 aliphatic heterocycles. The molecule has 0 fully saturated rings. The number of aryl methyl sites for hydroxylation is 1. The SMILES string of the molecule is CCCn1ncc(Cl)c1C(NC)c1ccc(N(C)C)cc1. The largest absolute Gasteiger partial charge is 0.378 e. The molecule has 1 unspecified atom stereocenters. The highest BCUT2D eigenvalue weighted by Gasteiger charge is 2.20. The topological polar surface area (TPSA) is 33.1 Å². The first-order valence-corrected chi connectivity index (χ1v) is 7.62. The molecule has 2 aromatic rings. The molecule has 0 amide bonds. The minimum absolute atomic E-state index is 0.0442. The highest BCUT2D eigenvalue weighted by molar-refractivity contribution is 6.31. The van der Waals surface area contributed by atoms with Crippen LogP contribution in [-0.4, -0.2) is 30.9 Å². The molecule has 1 atom stereocenters. The van der Waals surface area contributed by atoms with Gasteiger partial charge in [-0.15, -0.1) is 0 Å². The minimum Gasteiger partial charge on any atom is -0.378 e. The van der Waals surface area contributed by atoms with Gasteiger partial charge in [-0.3, -0.25) is 4.68 Å². The van der Waals surface area contributed by atoms with Crippen LogP contribution in [0, 0.1) is 0 Å². The van der Waals surface area contributed by atoms with Gasteiger partial charge in [0.1, 0.15) is 0 Å². The molecule has 0 aliphatic carbocycles. The zero-order chi connectivity index (χ0) is 15.4. The lowest BCUT2D eigenvalue weighted by Gasteiger charge is -2.20. The molecule has 1 aromatic heterocycles. The molecule has 1 heterocycles. The molecule has 0 aliphatic rings. The van der Waals surface area contributed by atoms with Crippen molar-refractivity contribution in [1.82, 2.24) is 15.1 Å². The summed E-state index contributed by atoms with van der Waals surface area (Å²) in [6.45, 7) is 3.01. The maximum atomic E-state index is 6.35. The van der Waals surface area contributed by atoms with Gasteiger partial charge in [0.2, 0.25) is 0 Å². The predicted molar refractivity (Wildman–Crippen MR) is 89.2 cm³/mol. The predicted octanol–water partition coefficient (Wildman–Crippen LogP) is 3.32. The van der Waals surface area contributed by atoms with Crippen LogP contribution in [0.25, 0.3) is 0 Å². The number of rotatable bonds is 6. The molecule has 0 spiro atoms. The van der Waals surface area contributed by atoms with Crippen molar-refractivity contribution in [2.24, 2.45) is 0 Å². The summed E-state index contributed by atoms with van der Waals surface area (Å²) in [5.41, 5.74) is 3.39. The Hall–Kier alpha value is -1.52. The van der Waals surface area contributed by atoms with E-state index >= 15 is 0 Å². The van der Waals surface area contributed by atoms with E-state index in [4.69, 9.17) is 11.6 Å². The van der Waals surface area contributed by atoms with Crippen LogP contribution in [0.15, 0.2) is 30.5 Å². The molecular weight excluding hydrogens is 284 g/mol. The van der Waals surface area contributed by atoms with E-state index in [0.717, 1.165) is 18.7 Å². The Balaban J connectivity index is 2.37. The molecule has 21 heavy (non-hydrogen) atoms. The van der Waals surface area contributed by atoms with Gasteiger partial charge in [0.25, 0.3) is 0 Å². The molecule has 2 rings (SSSR count). The van der Waals surface area contributed by atoms with Crippen LogP contribution in [0.3, 0.4) is 0 Å². The Labute approximate surface area is 131 Å². The second-order valence-corrected chi connectivity index (χ2v) is 5.72. The number of hydrogen-bond donors (Lipinski definition) is 1. The first-order chi connectivity index (χ1) is 10.1. The van der Waals surface area contributed by atoms with Gasteiger partial charge in [-0.1, -0.05) is 30.7 Å². The molecule has 0 saturated carbocycles. The third kappa shape index (κ3) is 3.39. The van der Waals surface area contributed by atoms with Crippen molar-refractivity contribution in [2.45, 2.75) is 25.9 Å². The van der Waals surface area contributed by atoms with E-state index in [1.54, 1.807) is 6.20 Å². The van der Waals surface area contributed by atoms with Crippen molar-refractivity contribution in [1.29, 1.82) is 0 Å². The lowest BCUT2D eigenvalue weighted by atomic mass is 10.0. The van der Waals surface area contributed by atoms with Crippen molar-refractivity contribution >= 4 is 17.3 Å². The molecule has 0 saturated heterocycles. The molecule has 114 valence electrons. The normalized spacial score (nSPS) is 12.4. The summed E-state index contributed by atoms with van der Waals surface area (Å²) in [6, 6.07) is 8.55. The number of hydrogen-bond acceptors (Lipinski definition) is 3. The second kappa shape index (κ2) is 6.96. The van der Waals surface area contributed by atoms with Crippen LogP contribution in [0.4, 0.5) is 5.69 Å². The van der Waals surface area contributed by atoms with Crippen molar-refractivity contribution < 1.29 is 0 Å². The van der Waals surface area contributed by atoms with Crippen molar-refractivity contribution in [2.75, 3.05) is 26.0 Å². The maximum Gasteiger partial charge on any atom is 0.0837 e. The summed E-state index contributed by atoms with van der Waals surface area (Å²) in [5, 5.41) is 8.44. The summed E-state index contributed by atoms with van der Waals surface area (Å²) in [7, 11) is 6.03. The molecule has 0 bridgehead atoms. The summed E-state index contributed by atoms with van der Waals surface area (Å²) in [4.78, 5) is 2.09. The molecular formula is C16H23ClN4. The molecule has 4 nitrogen and oxygen atoms in total. The van der Waals surface area contributed by atoms with Crippen molar-refractivity contribution in [3.8, 4) is 0 Å². The van der Waals surface area contributed by atoms with Gasteiger partial charge in [-0.05, 0) is 31.2 Å². The number of halogens is 1. The van der Waals surface area contributed by atoms with E-state index in [1.807, 2.05) is 25.8 Å². The first kappa shape index (κ1) is 15.9. The lowest BCUT2D eigenvalue weighted by molar-refractivity contribution is 0.535. The molecule has 5 heteroatoms. The number of benzene rings is 1. The monoisotopic (exact) mass is 306 g/mol. The van der Waals surface area contributed by atoms with Crippen LogP contribution in [0.2, 0.25) is 5.02 Å². The van der Waals surface area contributed by atoms with Crippen LogP contribution in [0.1, 0.15) is 30.6 Å². The molecule has 0 radical (unpaired) electrons. The second-order valence-electron chi connectivity index (χ2n) is 5.31. The first-order valence-electron chi connectivity index (χ1n) is 7.24. The Bertz CT molecular complexity index is 574. The summed E-state index contributed by atoms with van der Waals surface area (Å²) >= 11 is 6.35. The summed E-state index contributed by atoms with van der Waals surface area (Å²) in [5.74, 6) is 0. The minimum atomic E-state index is 0.0442. The average molecular weight is 307 g/mol. The van der Waals surface area contributed by atoms with E-state index in [1.165, 1.54) is 11.3 Å². The Morgan fingerprint density at radius 2 is 1.95 bits per heavy atom. The van der Waals surface area contributed by atoms with E-state index in [0.29, 0.717) is 5.02 Å². The van der Waals surface area contributed by atoms with E-state index in [9.17, 15) is 0 Å². The third-order valence-electron chi connectivity index (χ3n) is 3.57. The van der Waals surface area contributed by atoms with Gasteiger partial charge in [0, 0.05) is 26.3 Å². The highest BCUT2D eigenvalue weighted by atomic mass is 35.5. The Kier molecular flexibility index (Phi) is 5.26. The number of nitrogens with one attached hydrogen (secondary N) is 1. The highest BCUT2D eigenvalue weighted by Crippen LogP contribution is 2.29. The molecule has 1 aromatic carbocycles. The van der Waals surface area contributed by atoms with Crippen LogP contribution in [0.5, 0.6) is 0 Å². The van der Waals surface area contributed by atoms with E-state index in [-0.39, 0.29) is 6.04 Å². The van der Waals surface area contributed by atoms with Crippen molar-refractivity contribution in [3.63, 3.8) is 0 Å². The number of anilines is 1. The summed E-state index contributed by atoms with van der Waals surface area (Å²) in [6.07, 6.45) is 2.76.